The van der Waals surface area contributed by atoms with Crippen LogP contribution in [0.4, 0.5) is 10.6 Å². The highest BCUT2D eigenvalue weighted by Crippen LogP contribution is 2.21. The first-order valence-corrected chi connectivity index (χ1v) is 7.01. The molecule has 0 saturated carbocycles. The van der Waals surface area contributed by atoms with E-state index in [9.17, 15) is 4.79 Å². The zero-order valence-electron chi connectivity index (χ0n) is 12.6. The number of aryl methyl sites for hydroxylation is 1. The van der Waals surface area contributed by atoms with Gasteiger partial charge in [0.1, 0.15) is 11.4 Å². The minimum atomic E-state index is -0.458. The Hall–Kier alpha value is -1.78. The third-order valence-electron chi connectivity index (χ3n) is 3.19. The van der Waals surface area contributed by atoms with Crippen LogP contribution in [0.15, 0.2) is 18.3 Å². The Morgan fingerprint density at radius 3 is 2.90 bits per heavy atom. The lowest BCUT2D eigenvalue weighted by molar-refractivity contribution is 0.0509. The number of aromatic nitrogens is 1. The first-order chi connectivity index (χ1) is 9.35. The van der Waals surface area contributed by atoms with Gasteiger partial charge in [0.2, 0.25) is 0 Å². The Labute approximate surface area is 120 Å². The molecule has 110 valence electrons. The standard InChI is InChI=1S/C15H23N3O2/c1-11-6-5-8-16-13(11)18-9-7-12(10-18)17-14(19)20-15(2,3)4/h5-6,8,12H,7,9-10H2,1-4H3,(H,17,19)/t12-/m0/s1. The van der Waals surface area contributed by atoms with Gasteiger partial charge in [-0.25, -0.2) is 9.78 Å². The Bertz CT molecular complexity index is 482. The summed E-state index contributed by atoms with van der Waals surface area (Å²) in [6.45, 7) is 9.33. The van der Waals surface area contributed by atoms with E-state index in [1.165, 1.54) is 0 Å². The van der Waals surface area contributed by atoms with E-state index in [4.69, 9.17) is 4.74 Å². The van der Waals surface area contributed by atoms with Crippen molar-refractivity contribution in [2.24, 2.45) is 0 Å². The SMILES string of the molecule is Cc1cccnc1N1CC[C@H](NC(=O)OC(C)(C)C)C1. The Balaban J connectivity index is 1.90. The second-order valence-electron chi connectivity index (χ2n) is 6.22. The summed E-state index contributed by atoms with van der Waals surface area (Å²) < 4.78 is 5.28. The zero-order chi connectivity index (χ0) is 14.8. The molecule has 1 amide bonds. The lowest BCUT2D eigenvalue weighted by atomic mass is 10.2. The summed E-state index contributed by atoms with van der Waals surface area (Å²) >= 11 is 0. The number of carbonyl (C=O) groups is 1. The van der Waals surface area contributed by atoms with Crippen LogP contribution in [0.5, 0.6) is 0 Å². The number of ether oxygens (including phenoxy) is 1. The molecule has 1 saturated heterocycles. The molecule has 1 atom stereocenters. The zero-order valence-corrected chi connectivity index (χ0v) is 12.6. The molecule has 5 heteroatoms. The van der Waals surface area contributed by atoms with Crippen LogP contribution in [0.3, 0.4) is 0 Å². The average Bonchev–Trinajstić information content (AvgIpc) is 2.75. The van der Waals surface area contributed by atoms with Gasteiger partial charge in [-0.2, -0.15) is 0 Å². The van der Waals surface area contributed by atoms with Gasteiger partial charge < -0.3 is 15.0 Å². The molecule has 1 aromatic rings. The van der Waals surface area contributed by atoms with Gasteiger partial charge in [-0.15, -0.1) is 0 Å². The van der Waals surface area contributed by atoms with E-state index in [2.05, 4.69) is 28.2 Å². The molecular weight excluding hydrogens is 254 g/mol. The molecule has 0 radical (unpaired) electrons. The summed E-state index contributed by atoms with van der Waals surface area (Å²) in [5.41, 5.74) is 0.699. The lowest BCUT2D eigenvalue weighted by Gasteiger charge is -2.22. The van der Waals surface area contributed by atoms with E-state index in [1.54, 1.807) is 6.20 Å². The predicted molar refractivity (Wildman–Crippen MR) is 79.0 cm³/mol. The van der Waals surface area contributed by atoms with Crippen molar-refractivity contribution in [1.82, 2.24) is 10.3 Å². The van der Waals surface area contributed by atoms with Crippen molar-refractivity contribution in [1.29, 1.82) is 0 Å². The fourth-order valence-electron chi connectivity index (χ4n) is 2.35. The third kappa shape index (κ3) is 3.85. The Kier molecular flexibility index (Phi) is 4.16. The molecule has 5 nitrogen and oxygen atoms in total. The van der Waals surface area contributed by atoms with Gasteiger partial charge >= 0.3 is 6.09 Å². The topological polar surface area (TPSA) is 54.5 Å². The lowest BCUT2D eigenvalue weighted by Crippen LogP contribution is -2.40. The summed E-state index contributed by atoms with van der Waals surface area (Å²) in [5, 5.41) is 2.92. The van der Waals surface area contributed by atoms with Gasteiger partial charge in [0.25, 0.3) is 0 Å². The first kappa shape index (κ1) is 14.6. The fraction of sp³-hybridized carbons (Fsp3) is 0.600. The minimum Gasteiger partial charge on any atom is -0.444 e. The van der Waals surface area contributed by atoms with Crippen LogP contribution in [0, 0.1) is 6.92 Å². The molecule has 2 rings (SSSR count). The van der Waals surface area contributed by atoms with Gasteiger partial charge in [0, 0.05) is 19.3 Å². The molecule has 1 N–H and O–H groups in total. The van der Waals surface area contributed by atoms with E-state index in [1.807, 2.05) is 26.8 Å². The number of hydrogen-bond acceptors (Lipinski definition) is 4. The second-order valence-corrected chi connectivity index (χ2v) is 6.22. The van der Waals surface area contributed by atoms with E-state index >= 15 is 0 Å². The minimum absolute atomic E-state index is 0.117. The number of pyridine rings is 1. The molecule has 2 heterocycles. The third-order valence-corrected chi connectivity index (χ3v) is 3.19. The molecule has 0 bridgehead atoms. The normalized spacial score (nSPS) is 19.0. The number of nitrogens with one attached hydrogen (secondary N) is 1. The number of rotatable bonds is 2. The molecule has 0 unspecified atom stereocenters. The summed E-state index contributed by atoms with van der Waals surface area (Å²) in [4.78, 5) is 18.4. The summed E-state index contributed by atoms with van der Waals surface area (Å²) in [6, 6.07) is 4.11. The molecule has 1 aromatic heterocycles. The molecule has 1 fully saturated rings. The van der Waals surface area contributed by atoms with E-state index in [0.29, 0.717) is 0 Å². The molecule has 0 aliphatic carbocycles. The maximum Gasteiger partial charge on any atom is 0.407 e. The summed E-state index contributed by atoms with van der Waals surface area (Å²) in [6.07, 6.45) is 2.37. The van der Waals surface area contributed by atoms with Crippen molar-refractivity contribution in [3.05, 3.63) is 23.9 Å². The monoisotopic (exact) mass is 277 g/mol. The van der Waals surface area contributed by atoms with Crippen LogP contribution in [0.2, 0.25) is 0 Å². The average molecular weight is 277 g/mol. The molecule has 20 heavy (non-hydrogen) atoms. The van der Waals surface area contributed by atoms with Crippen molar-refractivity contribution < 1.29 is 9.53 Å². The second kappa shape index (κ2) is 5.69. The maximum atomic E-state index is 11.8. The molecular formula is C15H23N3O2. The van der Waals surface area contributed by atoms with Crippen LogP contribution in [-0.2, 0) is 4.74 Å². The number of anilines is 1. The Morgan fingerprint density at radius 2 is 2.25 bits per heavy atom. The van der Waals surface area contributed by atoms with E-state index in [-0.39, 0.29) is 12.1 Å². The van der Waals surface area contributed by atoms with Gasteiger partial charge in [0.15, 0.2) is 0 Å². The maximum absolute atomic E-state index is 11.8. The highest BCUT2D eigenvalue weighted by molar-refractivity contribution is 5.68. The van der Waals surface area contributed by atoms with Crippen LogP contribution >= 0.6 is 0 Å². The van der Waals surface area contributed by atoms with Crippen LogP contribution in [0.25, 0.3) is 0 Å². The van der Waals surface area contributed by atoms with E-state index in [0.717, 1.165) is 30.9 Å². The highest BCUT2D eigenvalue weighted by atomic mass is 16.6. The largest absolute Gasteiger partial charge is 0.444 e. The molecule has 0 aromatic carbocycles. The molecule has 1 aliphatic rings. The smallest absolute Gasteiger partial charge is 0.407 e. The van der Waals surface area contributed by atoms with Crippen molar-refractivity contribution in [2.75, 3.05) is 18.0 Å². The van der Waals surface area contributed by atoms with Crippen molar-refractivity contribution in [3.8, 4) is 0 Å². The number of alkyl carbamates (subject to hydrolysis) is 1. The van der Waals surface area contributed by atoms with Crippen LogP contribution in [-0.4, -0.2) is 35.8 Å². The van der Waals surface area contributed by atoms with Crippen LogP contribution in [0.1, 0.15) is 32.8 Å². The number of nitrogens with zero attached hydrogens (tertiary/aromatic N) is 2. The summed E-state index contributed by atoms with van der Waals surface area (Å²) in [5.74, 6) is 1.00. The highest BCUT2D eigenvalue weighted by Gasteiger charge is 2.27. The van der Waals surface area contributed by atoms with Gasteiger partial charge in [0.05, 0.1) is 6.04 Å². The van der Waals surface area contributed by atoms with Crippen molar-refractivity contribution in [2.45, 2.75) is 45.8 Å². The predicted octanol–water partition coefficient (Wildman–Crippen LogP) is 2.49. The Morgan fingerprint density at radius 1 is 1.50 bits per heavy atom. The quantitative estimate of drug-likeness (QED) is 0.902. The number of amides is 1. The fourth-order valence-corrected chi connectivity index (χ4v) is 2.35. The van der Waals surface area contributed by atoms with Gasteiger partial charge in [-0.05, 0) is 45.7 Å². The van der Waals surface area contributed by atoms with Crippen molar-refractivity contribution >= 4 is 11.9 Å². The van der Waals surface area contributed by atoms with Crippen molar-refractivity contribution in [3.63, 3.8) is 0 Å². The number of carbonyl (C=O) groups excluding carboxylic acids is 1. The number of hydrogen-bond donors (Lipinski definition) is 1. The molecule has 0 spiro atoms. The van der Waals surface area contributed by atoms with E-state index < -0.39 is 5.60 Å². The van der Waals surface area contributed by atoms with Gasteiger partial charge in [-0.3, -0.25) is 0 Å². The van der Waals surface area contributed by atoms with Crippen LogP contribution < -0.4 is 10.2 Å². The van der Waals surface area contributed by atoms with Gasteiger partial charge in [-0.1, -0.05) is 6.07 Å². The molecule has 1 aliphatic heterocycles. The summed E-state index contributed by atoms with van der Waals surface area (Å²) in [7, 11) is 0. The first-order valence-electron chi connectivity index (χ1n) is 7.01.